The molecule has 1 aromatic rings. The molecule has 0 saturated carbocycles. The Hall–Kier alpha value is -1.86. The SMILES string of the molecule is CCCN(C(=O)c1ccc(C#CCO)cn1)C(C)C. The highest BCUT2D eigenvalue weighted by Gasteiger charge is 2.18. The molecular weight excluding hydrogens is 240 g/mol. The molecule has 4 heteroatoms. The van der Waals surface area contributed by atoms with Crippen molar-refractivity contribution in [3.8, 4) is 11.8 Å². The van der Waals surface area contributed by atoms with Gasteiger partial charge in [0.15, 0.2) is 0 Å². The lowest BCUT2D eigenvalue weighted by molar-refractivity contribution is 0.0700. The molecule has 0 spiro atoms. The smallest absolute Gasteiger partial charge is 0.272 e. The fourth-order valence-electron chi connectivity index (χ4n) is 1.72. The normalized spacial score (nSPS) is 9.95. The number of pyridine rings is 1. The van der Waals surface area contributed by atoms with E-state index < -0.39 is 0 Å². The predicted molar refractivity (Wildman–Crippen MR) is 74.7 cm³/mol. The third kappa shape index (κ3) is 4.38. The molecule has 0 atom stereocenters. The number of rotatable bonds is 4. The van der Waals surface area contributed by atoms with Crippen LogP contribution in [-0.4, -0.2) is 40.1 Å². The maximum absolute atomic E-state index is 12.3. The van der Waals surface area contributed by atoms with E-state index >= 15 is 0 Å². The molecule has 102 valence electrons. The van der Waals surface area contributed by atoms with Crippen LogP contribution >= 0.6 is 0 Å². The molecule has 4 nitrogen and oxygen atoms in total. The van der Waals surface area contributed by atoms with Gasteiger partial charge in [0.2, 0.25) is 0 Å². The summed E-state index contributed by atoms with van der Waals surface area (Å²) in [6, 6.07) is 3.57. The number of carbonyl (C=O) groups is 1. The molecule has 0 radical (unpaired) electrons. The zero-order chi connectivity index (χ0) is 14.3. The maximum Gasteiger partial charge on any atom is 0.272 e. The largest absolute Gasteiger partial charge is 0.384 e. The topological polar surface area (TPSA) is 53.4 Å². The standard InChI is InChI=1S/C15H20N2O2/c1-4-9-17(12(2)3)15(19)14-8-7-13(11-16-14)6-5-10-18/h7-8,11-12,18H,4,9-10H2,1-3H3. The van der Waals surface area contributed by atoms with E-state index in [1.165, 1.54) is 0 Å². The van der Waals surface area contributed by atoms with E-state index in [-0.39, 0.29) is 18.6 Å². The Morgan fingerprint density at radius 2 is 2.21 bits per heavy atom. The van der Waals surface area contributed by atoms with Gasteiger partial charge in [-0.15, -0.1) is 0 Å². The van der Waals surface area contributed by atoms with Gasteiger partial charge in [0, 0.05) is 24.3 Å². The van der Waals surface area contributed by atoms with Gasteiger partial charge in [-0.05, 0) is 32.4 Å². The van der Waals surface area contributed by atoms with Crippen LogP contribution in [0.1, 0.15) is 43.2 Å². The lowest BCUT2D eigenvalue weighted by Crippen LogP contribution is -2.37. The van der Waals surface area contributed by atoms with Gasteiger partial charge < -0.3 is 10.0 Å². The van der Waals surface area contributed by atoms with Gasteiger partial charge in [0.25, 0.3) is 5.91 Å². The third-order valence-corrected chi connectivity index (χ3v) is 2.64. The molecule has 1 amide bonds. The first-order chi connectivity index (χ1) is 9.10. The first-order valence-electron chi connectivity index (χ1n) is 6.46. The number of carbonyl (C=O) groups excluding carboxylic acids is 1. The Bertz CT molecular complexity index is 469. The number of nitrogens with zero attached hydrogens (tertiary/aromatic N) is 2. The second kappa shape index (κ2) is 7.55. The predicted octanol–water partition coefficient (Wildman–Crippen LogP) is 1.69. The van der Waals surface area contributed by atoms with Crippen LogP contribution in [0.3, 0.4) is 0 Å². The van der Waals surface area contributed by atoms with Crippen molar-refractivity contribution in [3.63, 3.8) is 0 Å². The van der Waals surface area contributed by atoms with Crippen molar-refractivity contribution in [2.45, 2.75) is 33.2 Å². The van der Waals surface area contributed by atoms with E-state index in [0.717, 1.165) is 13.0 Å². The molecule has 19 heavy (non-hydrogen) atoms. The number of aliphatic hydroxyl groups excluding tert-OH is 1. The van der Waals surface area contributed by atoms with Crippen LogP contribution in [-0.2, 0) is 0 Å². The monoisotopic (exact) mass is 260 g/mol. The minimum absolute atomic E-state index is 0.0569. The molecular formula is C15H20N2O2. The summed E-state index contributed by atoms with van der Waals surface area (Å²) in [5.74, 6) is 5.24. The van der Waals surface area contributed by atoms with Crippen molar-refractivity contribution in [2.24, 2.45) is 0 Å². The molecule has 0 aliphatic carbocycles. The molecule has 1 heterocycles. The number of hydrogen-bond acceptors (Lipinski definition) is 3. The molecule has 0 aliphatic rings. The summed E-state index contributed by atoms with van der Waals surface area (Å²) in [5, 5.41) is 8.61. The van der Waals surface area contributed by atoms with Gasteiger partial charge in [-0.3, -0.25) is 4.79 Å². The highest BCUT2D eigenvalue weighted by Crippen LogP contribution is 2.08. The summed E-state index contributed by atoms with van der Waals surface area (Å²) in [7, 11) is 0. The van der Waals surface area contributed by atoms with Crippen molar-refractivity contribution < 1.29 is 9.90 Å². The van der Waals surface area contributed by atoms with Crippen molar-refractivity contribution in [1.29, 1.82) is 0 Å². The highest BCUT2D eigenvalue weighted by molar-refractivity contribution is 5.92. The van der Waals surface area contributed by atoms with Crippen molar-refractivity contribution in [3.05, 3.63) is 29.6 Å². The maximum atomic E-state index is 12.3. The lowest BCUT2D eigenvalue weighted by Gasteiger charge is -2.25. The van der Waals surface area contributed by atoms with Crippen LogP contribution in [0, 0.1) is 11.8 Å². The molecule has 1 aromatic heterocycles. The van der Waals surface area contributed by atoms with E-state index in [9.17, 15) is 4.79 Å². The zero-order valence-corrected chi connectivity index (χ0v) is 11.7. The van der Waals surface area contributed by atoms with Crippen LogP contribution in [0.2, 0.25) is 0 Å². The highest BCUT2D eigenvalue weighted by atomic mass is 16.2. The minimum atomic E-state index is -0.182. The number of aromatic nitrogens is 1. The second-order valence-corrected chi connectivity index (χ2v) is 4.48. The molecule has 0 saturated heterocycles. The van der Waals surface area contributed by atoms with Crippen LogP contribution < -0.4 is 0 Å². The third-order valence-electron chi connectivity index (χ3n) is 2.64. The molecule has 0 bridgehead atoms. The van der Waals surface area contributed by atoms with Crippen LogP contribution in [0.15, 0.2) is 18.3 Å². The Labute approximate surface area is 114 Å². The molecule has 0 fully saturated rings. The Morgan fingerprint density at radius 1 is 1.47 bits per heavy atom. The van der Waals surface area contributed by atoms with Gasteiger partial charge in [-0.2, -0.15) is 0 Å². The molecule has 0 unspecified atom stereocenters. The van der Waals surface area contributed by atoms with Crippen molar-refractivity contribution in [2.75, 3.05) is 13.2 Å². The van der Waals surface area contributed by atoms with Gasteiger partial charge in [-0.25, -0.2) is 4.98 Å². The quantitative estimate of drug-likeness (QED) is 0.838. The van der Waals surface area contributed by atoms with E-state index in [1.54, 1.807) is 23.2 Å². The minimum Gasteiger partial charge on any atom is -0.384 e. The summed E-state index contributed by atoms with van der Waals surface area (Å²) in [6.07, 6.45) is 2.48. The Morgan fingerprint density at radius 3 is 2.68 bits per heavy atom. The molecule has 0 aliphatic heterocycles. The molecule has 1 rings (SSSR count). The van der Waals surface area contributed by atoms with E-state index in [2.05, 4.69) is 16.8 Å². The summed E-state index contributed by atoms with van der Waals surface area (Å²) in [5.41, 5.74) is 1.12. The molecule has 1 N–H and O–H groups in total. The van der Waals surface area contributed by atoms with Gasteiger partial charge >= 0.3 is 0 Å². The van der Waals surface area contributed by atoms with Crippen molar-refractivity contribution in [1.82, 2.24) is 9.88 Å². The summed E-state index contributed by atoms with van der Waals surface area (Å²) >= 11 is 0. The Balaban J connectivity index is 2.87. The van der Waals surface area contributed by atoms with Gasteiger partial charge in [-0.1, -0.05) is 18.8 Å². The second-order valence-electron chi connectivity index (χ2n) is 4.48. The summed E-state index contributed by atoms with van der Waals surface area (Å²) in [6.45, 7) is 6.58. The summed E-state index contributed by atoms with van der Waals surface area (Å²) < 4.78 is 0. The summed E-state index contributed by atoms with van der Waals surface area (Å²) in [4.78, 5) is 18.2. The zero-order valence-electron chi connectivity index (χ0n) is 11.7. The van der Waals surface area contributed by atoms with Crippen LogP contribution in [0.5, 0.6) is 0 Å². The molecule has 0 aromatic carbocycles. The number of hydrogen-bond donors (Lipinski definition) is 1. The lowest BCUT2D eigenvalue weighted by atomic mass is 10.2. The first-order valence-corrected chi connectivity index (χ1v) is 6.46. The van der Waals surface area contributed by atoms with E-state index in [1.807, 2.05) is 20.8 Å². The van der Waals surface area contributed by atoms with Gasteiger partial charge in [0.05, 0.1) is 0 Å². The first kappa shape index (κ1) is 15.2. The van der Waals surface area contributed by atoms with Crippen molar-refractivity contribution >= 4 is 5.91 Å². The number of amides is 1. The Kier molecular flexibility index (Phi) is 6.04. The van der Waals surface area contributed by atoms with Crippen LogP contribution in [0.4, 0.5) is 0 Å². The fraction of sp³-hybridized carbons (Fsp3) is 0.467. The average molecular weight is 260 g/mol. The van der Waals surface area contributed by atoms with E-state index in [4.69, 9.17) is 5.11 Å². The van der Waals surface area contributed by atoms with E-state index in [0.29, 0.717) is 11.3 Å². The number of aliphatic hydroxyl groups is 1. The fourth-order valence-corrected chi connectivity index (χ4v) is 1.72. The average Bonchev–Trinajstić information content (AvgIpc) is 2.42. The van der Waals surface area contributed by atoms with Gasteiger partial charge in [0.1, 0.15) is 12.3 Å². The van der Waals surface area contributed by atoms with Crippen LogP contribution in [0.25, 0.3) is 0 Å².